The van der Waals surface area contributed by atoms with Crippen LogP contribution in [0.5, 0.6) is 0 Å². The van der Waals surface area contributed by atoms with E-state index in [4.69, 9.17) is 11.2 Å². The first-order valence-electron chi connectivity index (χ1n) is 6.07. The molecule has 0 amide bonds. The summed E-state index contributed by atoms with van der Waals surface area (Å²) in [5.41, 5.74) is 2.00. The van der Waals surface area contributed by atoms with E-state index < -0.39 is 0 Å². The maximum atomic E-state index is 5.92. The first-order chi connectivity index (χ1) is 8.09. The van der Waals surface area contributed by atoms with Crippen molar-refractivity contribution in [3.8, 4) is 12.3 Å². The minimum atomic E-state index is 0.0347. The third-order valence-electron chi connectivity index (χ3n) is 3.12. The van der Waals surface area contributed by atoms with E-state index >= 15 is 0 Å². The summed E-state index contributed by atoms with van der Waals surface area (Å²) in [4.78, 5) is 0. The Morgan fingerprint density at radius 3 is 3.00 bits per heavy atom. The van der Waals surface area contributed by atoms with Crippen LogP contribution in [0.2, 0.25) is 0 Å². The molecule has 0 spiro atoms. The molecule has 1 unspecified atom stereocenters. The quantitative estimate of drug-likeness (QED) is 0.804. The Morgan fingerprint density at radius 2 is 2.35 bits per heavy atom. The molecule has 1 fully saturated rings. The highest BCUT2D eigenvalue weighted by Gasteiger charge is 2.31. The van der Waals surface area contributed by atoms with E-state index in [-0.39, 0.29) is 5.60 Å². The van der Waals surface area contributed by atoms with Crippen molar-refractivity contribution in [2.24, 2.45) is 0 Å². The summed E-state index contributed by atoms with van der Waals surface area (Å²) < 4.78 is 5.92. The molecule has 1 saturated heterocycles. The predicted molar refractivity (Wildman–Crippen MR) is 71.1 cm³/mol. The molecule has 1 aliphatic rings. The van der Waals surface area contributed by atoms with E-state index in [0.29, 0.717) is 6.10 Å². The standard InChI is InChI=1S/C15H19NO/c1-4-12-6-5-7-13(10-12)16-11-14-8-9-15(2,3)17-14/h1,5-7,10,14,16H,8-9,11H2,2-3H3. The fraction of sp³-hybridized carbons (Fsp3) is 0.467. The van der Waals surface area contributed by atoms with Gasteiger partial charge >= 0.3 is 0 Å². The molecule has 0 radical (unpaired) electrons. The lowest BCUT2D eigenvalue weighted by atomic mass is 10.1. The Morgan fingerprint density at radius 1 is 1.53 bits per heavy atom. The molecular weight excluding hydrogens is 210 g/mol. The molecule has 0 aliphatic carbocycles. The van der Waals surface area contributed by atoms with E-state index in [0.717, 1.165) is 30.6 Å². The zero-order chi connectivity index (χ0) is 12.3. The number of terminal acetylenes is 1. The smallest absolute Gasteiger partial charge is 0.0755 e. The zero-order valence-electron chi connectivity index (χ0n) is 10.5. The van der Waals surface area contributed by atoms with Crippen molar-refractivity contribution in [2.45, 2.75) is 38.4 Å². The average Bonchev–Trinajstić information content (AvgIpc) is 2.67. The highest BCUT2D eigenvalue weighted by Crippen LogP contribution is 2.29. The van der Waals surface area contributed by atoms with Crippen LogP contribution in [0.25, 0.3) is 0 Å². The van der Waals surface area contributed by atoms with E-state index in [1.165, 1.54) is 0 Å². The van der Waals surface area contributed by atoms with Gasteiger partial charge in [0.2, 0.25) is 0 Å². The van der Waals surface area contributed by atoms with Crippen LogP contribution in [0.4, 0.5) is 5.69 Å². The van der Waals surface area contributed by atoms with Crippen molar-refractivity contribution in [1.29, 1.82) is 0 Å². The Kier molecular flexibility index (Phi) is 3.40. The number of hydrogen-bond donors (Lipinski definition) is 1. The van der Waals surface area contributed by atoms with Crippen molar-refractivity contribution in [2.75, 3.05) is 11.9 Å². The van der Waals surface area contributed by atoms with Crippen molar-refractivity contribution < 1.29 is 4.74 Å². The number of ether oxygens (including phenoxy) is 1. The van der Waals surface area contributed by atoms with Gasteiger partial charge in [-0.3, -0.25) is 0 Å². The van der Waals surface area contributed by atoms with Crippen molar-refractivity contribution >= 4 is 5.69 Å². The minimum Gasteiger partial charge on any atom is -0.382 e. The topological polar surface area (TPSA) is 21.3 Å². The fourth-order valence-electron chi connectivity index (χ4n) is 2.17. The van der Waals surface area contributed by atoms with Crippen LogP contribution in [-0.2, 0) is 4.74 Å². The number of hydrogen-bond acceptors (Lipinski definition) is 2. The third-order valence-corrected chi connectivity index (χ3v) is 3.12. The Bertz CT molecular complexity index is 431. The van der Waals surface area contributed by atoms with E-state index in [9.17, 15) is 0 Å². The first kappa shape index (κ1) is 12.0. The van der Waals surface area contributed by atoms with Gasteiger partial charge in [0.1, 0.15) is 0 Å². The zero-order valence-corrected chi connectivity index (χ0v) is 10.5. The molecule has 1 N–H and O–H groups in total. The lowest BCUT2D eigenvalue weighted by molar-refractivity contribution is -0.00910. The summed E-state index contributed by atoms with van der Waals surface area (Å²) >= 11 is 0. The SMILES string of the molecule is C#Cc1cccc(NCC2CCC(C)(C)O2)c1. The molecule has 0 bridgehead atoms. The summed E-state index contributed by atoms with van der Waals surface area (Å²) in [5.74, 6) is 2.64. The summed E-state index contributed by atoms with van der Waals surface area (Å²) in [6.07, 6.45) is 7.92. The van der Waals surface area contributed by atoms with Crippen molar-refractivity contribution in [1.82, 2.24) is 0 Å². The van der Waals surface area contributed by atoms with Gasteiger partial charge in [-0.1, -0.05) is 12.0 Å². The maximum absolute atomic E-state index is 5.92. The van der Waals surface area contributed by atoms with Gasteiger partial charge in [0.05, 0.1) is 11.7 Å². The second kappa shape index (κ2) is 4.81. The van der Waals surface area contributed by atoms with Gasteiger partial charge in [0.25, 0.3) is 0 Å². The molecule has 90 valence electrons. The van der Waals surface area contributed by atoms with E-state index in [1.807, 2.05) is 24.3 Å². The Hall–Kier alpha value is -1.46. The lowest BCUT2D eigenvalue weighted by Gasteiger charge is -2.19. The van der Waals surface area contributed by atoms with Crippen LogP contribution in [0.1, 0.15) is 32.3 Å². The molecule has 17 heavy (non-hydrogen) atoms. The highest BCUT2D eigenvalue weighted by atomic mass is 16.5. The van der Waals surface area contributed by atoms with Crippen LogP contribution >= 0.6 is 0 Å². The number of rotatable bonds is 3. The molecule has 1 atom stereocenters. The van der Waals surface area contributed by atoms with E-state index in [1.54, 1.807) is 0 Å². The molecule has 0 saturated carbocycles. The molecular formula is C15H19NO. The van der Waals surface area contributed by atoms with Gasteiger partial charge in [-0.05, 0) is 44.9 Å². The first-order valence-corrected chi connectivity index (χ1v) is 6.07. The van der Waals surface area contributed by atoms with Crippen LogP contribution < -0.4 is 5.32 Å². The molecule has 1 aromatic carbocycles. The van der Waals surface area contributed by atoms with Gasteiger partial charge in [-0.2, -0.15) is 0 Å². The number of anilines is 1. The van der Waals surface area contributed by atoms with Gasteiger partial charge in [-0.25, -0.2) is 0 Å². The van der Waals surface area contributed by atoms with Crippen molar-refractivity contribution in [3.63, 3.8) is 0 Å². The predicted octanol–water partition coefficient (Wildman–Crippen LogP) is 3.04. The van der Waals surface area contributed by atoms with Gasteiger partial charge < -0.3 is 10.1 Å². The Labute approximate surface area is 103 Å². The summed E-state index contributed by atoms with van der Waals surface area (Å²) in [6, 6.07) is 7.92. The second-order valence-corrected chi connectivity index (χ2v) is 5.14. The number of nitrogens with one attached hydrogen (secondary N) is 1. The molecule has 0 aromatic heterocycles. The summed E-state index contributed by atoms with van der Waals surface area (Å²) in [5, 5.41) is 3.38. The molecule has 1 aromatic rings. The molecule has 1 aliphatic heterocycles. The molecule has 2 nitrogen and oxygen atoms in total. The summed E-state index contributed by atoms with van der Waals surface area (Å²) in [6.45, 7) is 5.13. The third kappa shape index (κ3) is 3.25. The van der Waals surface area contributed by atoms with Gasteiger partial charge in [0.15, 0.2) is 0 Å². The van der Waals surface area contributed by atoms with Crippen LogP contribution in [-0.4, -0.2) is 18.2 Å². The lowest BCUT2D eigenvalue weighted by Crippen LogP contribution is -2.24. The normalized spacial score (nSPS) is 22.1. The van der Waals surface area contributed by atoms with Gasteiger partial charge in [0, 0.05) is 17.8 Å². The van der Waals surface area contributed by atoms with Gasteiger partial charge in [-0.15, -0.1) is 6.42 Å². The monoisotopic (exact) mass is 229 g/mol. The Balaban J connectivity index is 1.88. The van der Waals surface area contributed by atoms with Crippen molar-refractivity contribution in [3.05, 3.63) is 29.8 Å². The molecule has 2 rings (SSSR count). The van der Waals surface area contributed by atoms with E-state index in [2.05, 4.69) is 25.1 Å². The molecule has 1 heterocycles. The second-order valence-electron chi connectivity index (χ2n) is 5.14. The molecule has 2 heteroatoms. The average molecular weight is 229 g/mol. The maximum Gasteiger partial charge on any atom is 0.0755 e. The fourth-order valence-corrected chi connectivity index (χ4v) is 2.17. The number of benzene rings is 1. The summed E-state index contributed by atoms with van der Waals surface area (Å²) in [7, 11) is 0. The van der Waals surface area contributed by atoms with Crippen LogP contribution in [0, 0.1) is 12.3 Å². The highest BCUT2D eigenvalue weighted by molar-refractivity contribution is 5.49. The van der Waals surface area contributed by atoms with Crippen LogP contribution in [0.3, 0.4) is 0 Å². The van der Waals surface area contributed by atoms with Crippen LogP contribution in [0.15, 0.2) is 24.3 Å². The largest absolute Gasteiger partial charge is 0.382 e. The minimum absolute atomic E-state index is 0.0347.